The molecule has 0 radical (unpaired) electrons. The van der Waals surface area contributed by atoms with Gasteiger partial charge >= 0.3 is 0 Å². The van der Waals surface area contributed by atoms with E-state index < -0.39 is 0 Å². The third-order valence-corrected chi connectivity index (χ3v) is 3.36. The molecule has 5 nitrogen and oxygen atoms in total. The Morgan fingerprint density at radius 3 is 2.59 bits per heavy atom. The van der Waals surface area contributed by atoms with E-state index in [1.165, 1.54) is 0 Å². The van der Waals surface area contributed by atoms with Crippen LogP contribution in [0.2, 0.25) is 5.02 Å². The summed E-state index contributed by atoms with van der Waals surface area (Å²) in [5.41, 5.74) is 2.20. The molecule has 0 aliphatic carbocycles. The Labute approximate surface area is 134 Å². The Balaban J connectivity index is 2.34. The van der Waals surface area contributed by atoms with Crippen molar-refractivity contribution in [3.05, 3.63) is 47.0 Å². The Morgan fingerprint density at radius 1 is 1.23 bits per heavy atom. The molecule has 0 aliphatic heterocycles. The van der Waals surface area contributed by atoms with Gasteiger partial charge in [-0.1, -0.05) is 23.7 Å². The largest absolute Gasteiger partial charge is 0.383 e. The molecule has 1 aromatic carbocycles. The molecule has 0 bridgehead atoms. The fraction of sp³-hybridized carbons (Fsp3) is 0.250. The Morgan fingerprint density at radius 2 is 1.95 bits per heavy atom. The number of halogens is 1. The first-order chi connectivity index (χ1) is 10.7. The van der Waals surface area contributed by atoms with Crippen molar-refractivity contribution in [1.29, 1.82) is 0 Å². The molecule has 1 amide bonds. The second-order valence-corrected chi connectivity index (χ2v) is 5.03. The van der Waals surface area contributed by atoms with Gasteiger partial charge in [0, 0.05) is 31.3 Å². The highest BCUT2D eigenvalue weighted by Gasteiger charge is 2.13. The summed E-state index contributed by atoms with van der Waals surface area (Å²) in [5.74, 6) is 0.346. The number of hydrogen-bond acceptors (Lipinski definition) is 4. The minimum absolute atomic E-state index is 0.185. The van der Waals surface area contributed by atoms with Crippen molar-refractivity contribution in [2.45, 2.75) is 0 Å². The van der Waals surface area contributed by atoms with Gasteiger partial charge in [-0.15, -0.1) is 0 Å². The van der Waals surface area contributed by atoms with Crippen LogP contribution in [0, 0.1) is 0 Å². The highest BCUT2D eigenvalue weighted by molar-refractivity contribution is 6.30. The lowest BCUT2D eigenvalue weighted by molar-refractivity contribution is 0.0963. The molecule has 1 heterocycles. The fourth-order valence-corrected chi connectivity index (χ4v) is 2.09. The fourth-order valence-electron chi connectivity index (χ4n) is 1.96. The van der Waals surface area contributed by atoms with Crippen molar-refractivity contribution in [2.24, 2.45) is 0 Å². The number of ether oxygens (including phenoxy) is 1. The maximum atomic E-state index is 11.9. The van der Waals surface area contributed by atoms with Gasteiger partial charge in [-0.25, -0.2) is 4.98 Å². The molecule has 2 rings (SSSR count). The Hall–Kier alpha value is -2.11. The van der Waals surface area contributed by atoms with E-state index in [0.29, 0.717) is 29.6 Å². The quantitative estimate of drug-likeness (QED) is 0.804. The molecule has 2 N–H and O–H groups in total. The highest BCUT2D eigenvalue weighted by Crippen LogP contribution is 2.23. The van der Waals surface area contributed by atoms with Gasteiger partial charge in [0.2, 0.25) is 0 Å². The number of carbonyl (C=O) groups is 1. The molecule has 2 aromatic rings. The highest BCUT2D eigenvalue weighted by atomic mass is 35.5. The summed E-state index contributed by atoms with van der Waals surface area (Å²) in [5, 5.41) is 6.41. The van der Waals surface area contributed by atoms with Crippen LogP contribution in [0.1, 0.15) is 10.4 Å². The molecule has 0 atom stereocenters. The number of aromatic nitrogens is 1. The van der Waals surface area contributed by atoms with Crippen LogP contribution in [0.3, 0.4) is 0 Å². The lowest BCUT2D eigenvalue weighted by atomic mass is 10.1. The molecule has 1 aromatic heterocycles. The van der Waals surface area contributed by atoms with Crippen LogP contribution >= 0.6 is 11.6 Å². The molecule has 116 valence electrons. The van der Waals surface area contributed by atoms with Crippen molar-refractivity contribution in [2.75, 3.05) is 32.6 Å². The molecule has 0 spiro atoms. The van der Waals surface area contributed by atoms with Gasteiger partial charge in [0.15, 0.2) is 0 Å². The van der Waals surface area contributed by atoms with E-state index in [1.807, 2.05) is 30.3 Å². The maximum Gasteiger partial charge on any atom is 0.254 e. The monoisotopic (exact) mass is 319 g/mol. The molecular weight excluding hydrogens is 302 g/mol. The van der Waals surface area contributed by atoms with Crippen molar-refractivity contribution < 1.29 is 9.53 Å². The van der Waals surface area contributed by atoms with Crippen molar-refractivity contribution in [3.63, 3.8) is 0 Å². The number of rotatable bonds is 6. The van der Waals surface area contributed by atoms with Gasteiger partial charge in [0.1, 0.15) is 5.82 Å². The summed E-state index contributed by atoms with van der Waals surface area (Å²) in [6.07, 6.45) is 0. The van der Waals surface area contributed by atoms with E-state index in [1.54, 1.807) is 20.2 Å². The summed E-state index contributed by atoms with van der Waals surface area (Å²) in [7, 11) is 3.22. The number of pyridine rings is 1. The Bertz CT molecular complexity index is 644. The SMILES string of the molecule is CNC(=O)c1ccc(-c2ccc(Cl)cc2)nc1NCCOC. The van der Waals surface area contributed by atoms with Crippen LogP contribution in [0.15, 0.2) is 36.4 Å². The van der Waals surface area contributed by atoms with Crippen molar-refractivity contribution >= 4 is 23.3 Å². The summed E-state index contributed by atoms with van der Waals surface area (Å²) in [6, 6.07) is 11.0. The van der Waals surface area contributed by atoms with Gasteiger partial charge < -0.3 is 15.4 Å². The van der Waals surface area contributed by atoms with E-state index in [9.17, 15) is 4.79 Å². The molecule has 0 fully saturated rings. The molecular formula is C16H18ClN3O2. The number of anilines is 1. The molecule has 22 heavy (non-hydrogen) atoms. The van der Waals surface area contributed by atoms with Crippen LogP contribution in [0.5, 0.6) is 0 Å². The third kappa shape index (κ3) is 3.96. The second kappa shape index (κ2) is 7.77. The second-order valence-electron chi connectivity index (χ2n) is 4.60. The smallest absolute Gasteiger partial charge is 0.254 e. The van der Waals surface area contributed by atoms with Gasteiger partial charge in [0.25, 0.3) is 5.91 Å². The number of amides is 1. The summed E-state index contributed by atoms with van der Waals surface area (Å²) in [6.45, 7) is 1.09. The van der Waals surface area contributed by atoms with Gasteiger partial charge in [-0.3, -0.25) is 4.79 Å². The lowest BCUT2D eigenvalue weighted by Crippen LogP contribution is -2.21. The molecule has 0 saturated heterocycles. The third-order valence-electron chi connectivity index (χ3n) is 3.11. The van der Waals surface area contributed by atoms with Gasteiger partial charge in [0.05, 0.1) is 17.9 Å². The van der Waals surface area contributed by atoms with E-state index in [4.69, 9.17) is 16.3 Å². The number of carbonyl (C=O) groups excluding carboxylic acids is 1. The van der Waals surface area contributed by atoms with Crippen LogP contribution < -0.4 is 10.6 Å². The van der Waals surface area contributed by atoms with E-state index in [0.717, 1.165) is 11.3 Å². The predicted molar refractivity (Wildman–Crippen MR) is 88.4 cm³/mol. The first-order valence-electron chi connectivity index (χ1n) is 6.87. The number of nitrogens with zero attached hydrogens (tertiary/aromatic N) is 1. The lowest BCUT2D eigenvalue weighted by Gasteiger charge is -2.12. The topological polar surface area (TPSA) is 63.2 Å². The van der Waals surface area contributed by atoms with Crippen LogP contribution in [0.4, 0.5) is 5.82 Å². The van der Waals surface area contributed by atoms with Crippen molar-refractivity contribution in [1.82, 2.24) is 10.3 Å². The summed E-state index contributed by atoms with van der Waals surface area (Å²) < 4.78 is 5.01. The van der Waals surface area contributed by atoms with E-state index in [-0.39, 0.29) is 5.91 Å². The predicted octanol–water partition coefficient (Wildman–Crippen LogP) is 2.82. The minimum Gasteiger partial charge on any atom is -0.383 e. The average Bonchev–Trinajstić information content (AvgIpc) is 2.55. The normalized spacial score (nSPS) is 10.3. The van der Waals surface area contributed by atoms with E-state index in [2.05, 4.69) is 15.6 Å². The zero-order valence-corrected chi connectivity index (χ0v) is 13.3. The van der Waals surface area contributed by atoms with E-state index >= 15 is 0 Å². The van der Waals surface area contributed by atoms with Crippen LogP contribution in [0.25, 0.3) is 11.3 Å². The van der Waals surface area contributed by atoms with Crippen LogP contribution in [-0.4, -0.2) is 38.2 Å². The molecule has 0 aliphatic rings. The number of nitrogens with one attached hydrogen (secondary N) is 2. The summed E-state index contributed by atoms with van der Waals surface area (Å²) >= 11 is 5.90. The molecule has 0 saturated carbocycles. The zero-order chi connectivity index (χ0) is 15.9. The first kappa shape index (κ1) is 16.3. The number of benzene rings is 1. The first-order valence-corrected chi connectivity index (χ1v) is 7.25. The molecule has 0 unspecified atom stereocenters. The number of hydrogen-bond donors (Lipinski definition) is 2. The zero-order valence-electron chi connectivity index (χ0n) is 12.5. The van der Waals surface area contributed by atoms with Crippen LogP contribution in [-0.2, 0) is 4.74 Å². The Kier molecular flexibility index (Phi) is 5.75. The van der Waals surface area contributed by atoms with Gasteiger partial charge in [-0.05, 0) is 24.3 Å². The summed E-state index contributed by atoms with van der Waals surface area (Å²) in [4.78, 5) is 16.5. The standard InChI is InChI=1S/C16H18ClN3O2/c1-18-16(21)13-7-8-14(11-3-5-12(17)6-4-11)20-15(13)19-9-10-22-2/h3-8H,9-10H2,1-2H3,(H,18,21)(H,19,20). The number of methoxy groups -OCH3 is 1. The molecule has 6 heteroatoms. The maximum absolute atomic E-state index is 11.9. The average molecular weight is 320 g/mol. The van der Waals surface area contributed by atoms with Crippen molar-refractivity contribution in [3.8, 4) is 11.3 Å². The van der Waals surface area contributed by atoms with Gasteiger partial charge in [-0.2, -0.15) is 0 Å². The minimum atomic E-state index is -0.185.